The smallest absolute Gasteiger partial charge is 0.133 e. The maximum Gasteiger partial charge on any atom is 0.133 e. The molecule has 0 fully saturated rings. The first kappa shape index (κ1) is 12.6. The average molecular weight is 276 g/mol. The van der Waals surface area contributed by atoms with Gasteiger partial charge in [-0.3, -0.25) is 11.3 Å². The summed E-state index contributed by atoms with van der Waals surface area (Å²) in [7, 11) is 0. The Morgan fingerprint density at radius 1 is 1.32 bits per heavy atom. The molecule has 2 atom stereocenters. The summed E-state index contributed by atoms with van der Waals surface area (Å²) in [6.45, 7) is 0. The van der Waals surface area contributed by atoms with Gasteiger partial charge in [-0.25, -0.2) is 0 Å². The van der Waals surface area contributed by atoms with Gasteiger partial charge in [0.05, 0.1) is 12.3 Å². The second kappa shape index (κ2) is 5.69. The summed E-state index contributed by atoms with van der Waals surface area (Å²) < 4.78 is 11.4. The van der Waals surface area contributed by atoms with Gasteiger partial charge in [0.25, 0.3) is 0 Å². The third-order valence-electron chi connectivity index (χ3n) is 3.19. The van der Waals surface area contributed by atoms with E-state index in [0.29, 0.717) is 0 Å². The first-order valence-electron chi connectivity index (χ1n) is 6.24. The standard InChI is InChI=1S/C14H16N2O2S/c15-16-11(8-10-4-3-7-17-10)13-9-19-14-6-2-1-5-12(14)18-13/h1-7,11,13,16H,8-9,15H2. The number of hydrazine groups is 1. The number of hydrogen-bond donors (Lipinski definition) is 2. The molecule has 5 heteroatoms. The van der Waals surface area contributed by atoms with Gasteiger partial charge < -0.3 is 9.15 Å². The minimum Gasteiger partial charge on any atom is -0.487 e. The Hall–Kier alpha value is -1.43. The minimum absolute atomic E-state index is 0.0343. The zero-order valence-corrected chi connectivity index (χ0v) is 11.2. The number of ether oxygens (including phenoxy) is 1. The highest BCUT2D eigenvalue weighted by Crippen LogP contribution is 2.35. The number of furan rings is 1. The highest BCUT2D eigenvalue weighted by atomic mass is 32.2. The topological polar surface area (TPSA) is 60.4 Å². The summed E-state index contributed by atoms with van der Waals surface area (Å²) in [4.78, 5) is 1.19. The predicted octanol–water partition coefficient (Wildman–Crippen LogP) is 2.21. The molecule has 0 spiro atoms. The zero-order valence-electron chi connectivity index (χ0n) is 10.4. The number of rotatable bonds is 4. The molecule has 2 unspecified atom stereocenters. The number of para-hydroxylation sites is 1. The van der Waals surface area contributed by atoms with Gasteiger partial charge in [-0.1, -0.05) is 12.1 Å². The number of thioether (sulfide) groups is 1. The van der Waals surface area contributed by atoms with E-state index in [-0.39, 0.29) is 12.1 Å². The summed E-state index contributed by atoms with van der Waals surface area (Å²) in [6.07, 6.45) is 2.43. The van der Waals surface area contributed by atoms with Crippen molar-refractivity contribution in [2.75, 3.05) is 5.75 Å². The molecule has 1 aliphatic heterocycles. The molecule has 19 heavy (non-hydrogen) atoms. The molecule has 3 N–H and O–H groups in total. The van der Waals surface area contributed by atoms with Gasteiger partial charge in [0.15, 0.2) is 0 Å². The first-order chi connectivity index (χ1) is 9.36. The van der Waals surface area contributed by atoms with Gasteiger partial charge in [-0.05, 0) is 24.3 Å². The van der Waals surface area contributed by atoms with Crippen LogP contribution < -0.4 is 16.0 Å². The van der Waals surface area contributed by atoms with Crippen molar-refractivity contribution in [3.8, 4) is 5.75 Å². The molecule has 0 bridgehead atoms. The normalized spacial score (nSPS) is 19.5. The molecule has 4 nitrogen and oxygen atoms in total. The van der Waals surface area contributed by atoms with Gasteiger partial charge in [-0.15, -0.1) is 11.8 Å². The van der Waals surface area contributed by atoms with Crippen LogP contribution in [-0.4, -0.2) is 17.9 Å². The van der Waals surface area contributed by atoms with Crippen LogP contribution >= 0.6 is 11.8 Å². The second-order valence-electron chi connectivity index (χ2n) is 4.47. The number of hydrogen-bond acceptors (Lipinski definition) is 5. The fraction of sp³-hybridized carbons (Fsp3) is 0.286. The monoisotopic (exact) mass is 276 g/mol. The summed E-state index contributed by atoms with van der Waals surface area (Å²) >= 11 is 1.80. The maximum atomic E-state index is 6.03. The summed E-state index contributed by atoms with van der Waals surface area (Å²) in [6, 6.07) is 12.0. The van der Waals surface area contributed by atoms with E-state index in [1.165, 1.54) is 4.90 Å². The van der Waals surface area contributed by atoms with Crippen LogP contribution in [-0.2, 0) is 6.42 Å². The second-order valence-corrected chi connectivity index (χ2v) is 5.53. The van der Waals surface area contributed by atoms with Crippen LogP contribution in [0.2, 0.25) is 0 Å². The lowest BCUT2D eigenvalue weighted by Crippen LogP contribution is -2.49. The van der Waals surface area contributed by atoms with Gasteiger partial charge in [0, 0.05) is 17.1 Å². The lowest BCUT2D eigenvalue weighted by Gasteiger charge is -2.31. The summed E-state index contributed by atoms with van der Waals surface area (Å²) in [5.74, 6) is 8.39. The summed E-state index contributed by atoms with van der Waals surface area (Å²) in [5.41, 5.74) is 2.84. The highest BCUT2D eigenvalue weighted by molar-refractivity contribution is 7.99. The van der Waals surface area contributed by atoms with Crippen LogP contribution in [0, 0.1) is 0 Å². The van der Waals surface area contributed by atoms with Crippen LogP contribution in [0.3, 0.4) is 0 Å². The molecular formula is C14H16N2O2S. The summed E-state index contributed by atoms with van der Waals surface area (Å²) in [5, 5.41) is 0. The Morgan fingerprint density at radius 3 is 3.00 bits per heavy atom. The van der Waals surface area contributed by atoms with Crippen LogP contribution in [0.5, 0.6) is 5.75 Å². The molecule has 3 rings (SSSR count). The predicted molar refractivity (Wildman–Crippen MR) is 75.1 cm³/mol. The van der Waals surface area contributed by atoms with Crippen molar-refractivity contribution in [2.45, 2.75) is 23.5 Å². The fourth-order valence-electron chi connectivity index (χ4n) is 2.18. The van der Waals surface area contributed by atoms with Gasteiger partial charge >= 0.3 is 0 Å². The number of nitrogens with two attached hydrogens (primary N) is 1. The zero-order chi connectivity index (χ0) is 13.1. The average Bonchev–Trinajstić information content (AvgIpc) is 2.97. The van der Waals surface area contributed by atoms with E-state index in [9.17, 15) is 0 Å². The molecule has 0 saturated heterocycles. The van der Waals surface area contributed by atoms with Crippen molar-refractivity contribution in [3.05, 3.63) is 48.4 Å². The number of benzene rings is 1. The van der Waals surface area contributed by atoms with E-state index >= 15 is 0 Å². The Balaban J connectivity index is 1.72. The first-order valence-corrected chi connectivity index (χ1v) is 7.22. The van der Waals surface area contributed by atoms with E-state index in [2.05, 4.69) is 11.5 Å². The van der Waals surface area contributed by atoms with Crippen molar-refractivity contribution >= 4 is 11.8 Å². The van der Waals surface area contributed by atoms with Gasteiger partial charge in [-0.2, -0.15) is 0 Å². The minimum atomic E-state index is 0.0343. The maximum absolute atomic E-state index is 6.03. The van der Waals surface area contributed by atoms with Gasteiger partial charge in [0.2, 0.25) is 0 Å². The van der Waals surface area contributed by atoms with E-state index in [1.807, 2.05) is 30.3 Å². The Bertz CT molecular complexity index is 530. The van der Waals surface area contributed by atoms with Crippen LogP contribution in [0.15, 0.2) is 52.0 Å². The lowest BCUT2D eigenvalue weighted by atomic mass is 10.1. The van der Waals surface area contributed by atoms with Crippen molar-refractivity contribution in [1.29, 1.82) is 0 Å². The lowest BCUT2D eigenvalue weighted by molar-refractivity contribution is 0.162. The third kappa shape index (κ3) is 2.78. The van der Waals surface area contributed by atoms with Crippen LogP contribution in [0.4, 0.5) is 0 Å². The van der Waals surface area contributed by atoms with E-state index < -0.39 is 0 Å². The molecule has 100 valence electrons. The largest absolute Gasteiger partial charge is 0.487 e. The number of nitrogens with one attached hydrogen (secondary N) is 1. The highest BCUT2D eigenvalue weighted by Gasteiger charge is 2.28. The van der Waals surface area contributed by atoms with Crippen LogP contribution in [0.25, 0.3) is 0 Å². The van der Waals surface area contributed by atoms with E-state index in [4.69, 9.17) is 15.0 Å². The molecule has 1 aliphatic rings. The molecule has 0 radical (unpaired) electrons. The molecule has 1 aromatic carbocycles. The molecular weight excluding hydrogens is 260 g/mol. The molecule has 0 aliphatic carbocycles. The van der Waals surface area contributed by atoms with Crippen molar-refractivity contribution in [3.63, 3.8) is 0 Å². The SMILES string of the molecule is NNC(Cc1ccco1)C1CSc2ccccc2O1. The van der Waals surface area contributed by atoms with Crippen molar-refractivity contribution < 1.29 is 9.15 Å². The molecule has 0 saturated carbocycles. The van der Waals surface area contributed by atoms with E-state index in [1.54, 1.807) is 18.0 Å². The molecule has 0 amide bonds. The van der Waals surface area contributed by atoms with Crippen molar-refractivity contribution in [1.82, 2.24) is 5.43 Å². The Kier molecular flexibility index (Phi) is 3.77. The quantitative estimate of drug-likeness (QED) is 0.662. The van der Waals surface area contributed by atoms with Crippen molar-refractivity contribution in [2.24, 2.45) is 5.84 Å². The third-order valence-corrected chi connectivity index (χ3v) is 4.34. The Morgan fingerprint density at radius 2 is 2.21 bits per heavy atom. The van der Waals surface area contributed by atoms with Gasteiger partial charge in [0.1, 0.15) is 17.6 Å². The molecule has 2 heterocycles. The Labute approximate surface area is 116 Å². The number of fused-ring (bicyclic) bond motifs is 1. The van der Waals surface area contributed by atoms with Crippen LogP contribution in [0.1, 0.15) is 5.76 Å². The molecule has 2 aromatic rings. The molecule has 1 aromatic heterocycles. The van der Waals surface area contributed by atoms with E-state index in [0.717, 1.165) is 23.7 Å². The fourth-order valence-corrected chi connectivity index (χ4v) is 3.25.